The number of sulfonamides is 1. The maximum absolute atomic E-state index is 11.9. The van der Waals surface area contributed by atoms with E-state index in [-0.39, 0.29) is 0 Å². The van der Waals surface area contributed by atoms with E-state index in [0.29, 0.717) is 37.7 Å². The molecule has 0 bridgehead atoms. The van der Waals surface area contributed by atoms with E-state index in [0.717, 1.165) is 5.56 Å². The van der Waals surface area contributed by atoms with Crippen LogP contribution in [0.15, 0.2) is 29.2 Å². The molecule has 0 saturated carbocycles. The molecule has 0 saturated heterocycles. The number of hydrogen-bond donors (Lipinski definition) is 1. The molecule has 0 aliphatic rings. The van der Waals surface area contributed by atoms with E-state index in [1.54, 1.807) is 31.4 Å². The third-order valence-electron chi connectivity index (χ3n) is 2.52. The lowest BCUT2D eigenvalue weighted by molar-refractivity contribution is 0.0699. The lowest BCUT2D eigenvalue weighted by atomic mass is 10.2. The van der Waals surface area contributed by atoms with E-state index in [4.69, 9.17) is 9.47 Å². The molecule has 0 unspecified atom stereocenters. The molecule has 0 aliphatic carbocycles. The Hall–Kier alpha value is -0.950. The van der Waals surface area contributed by atoms with Gasteiger partial charge in [0, 0.05) is 20.3 Å². The molecule has 19 heavy (non-hydrogen) atoms. The standard InChI is InChI=1S/C13H21NO4S/c1-12-4-6-13(7-5-12)19(15,16)14-8-3-9-18-11-10-17-2/h4-7,14H,3,8-11H2,1-2H3. The number of aryl methyl sites for hydroxylation is 1. The Kier molecular flexibility index (Phi) is 7.01. The van der Waals surface area contributed by atoms with Gasteiger partial charge in [-0.15, -0.1) is 0 Å². The van der Waals surface area contributed by atoms with Crippen LogP contribution in [0.3, 0.4) is 0 Å². The van der Waals surface area contributed by atoms with Crippen LogP contribution in [0.25, 0.3) is 0 Å². The van der Waals surface area contributed by atoms with E-state index in [9.17, 15) is 8.42 Å². The third kappa shape index (κ3) is 6.15. The van der Waals surface area contributed by atoms with Gasteiger partial charge in [-0.05, 0) is 25.5 Å². The summed E-state index contributed by atoms with van der Waals surface area (Å²) in [6.45, 7) is 3.88. The zero-order valence-corrected chi connectivity index (χ0v) is 12.2. The van der Waals surface area contributed by atoms with Crippen LogP contribution in [0, 0.1) is 6.92 Å². The first-order valence-corrected chi connectivity index (χ1v) is 7.67. The average molecular weight is 287 g/mol. The zero-order valence-electron chi connectivity index (χ0n) is 11.4. The van der Waals surface area contributed by atoms with Crippen LogP contribution in [-0.4, -0.2) is 41.9 Å². The van der Waals surface area contributed by atoms with Crippen molar-refractivity contribution in [2.75, 3.05) is 33.5 Å². The summed E-state index contributed by atoms with van der Waals surface area (Å²) in [4.78, 5) is 0.290. The summed E-state index contributed by atoms with van der Waals surface area (Å²) in [5.74, 6) is 0. The predicted octanol–water partition coefficient (Wildman–Crippen LogP) is 1.33. The molecule has 6 heteroatoms. The highest BCUT2D eigenvalue weighted by Gasteiger charge is 2.12. The van der Waals surface area contributed by atoms with Gasteiger partial charge in [0.25, 0.3) is 0 Å². The maximum atomic E-state index is 11.9. The van der Waals surface area contributed by atoms with Crippen LogP contribution in [0.5, 0.6) is 0 Å². The molecule has 1 rings (SSSR count). The Bertz CT molecular complexity index is 456. The summed E-state index contributed by atoms with van der Waals surface area (Å²) >= 11 is 0. The molecule has 1 N–H and O–H groups in total. The third-order valence-corrected chi connectivity index (χ3v) is 4.00. The molecular weight excluding hydrogens is 266 g/mol. The quantitative estimate of drug-likeness (QED) is 0.696. The van der Waals surface area contributed by atoms with Gasteiger partial charge in [0.1, 0.15) is 0 Å². The fraction of sp³-hybridized carbons (Fsp3) is 0.538. The fourth-order valence-electron chi connectivity index (χ4n) is 1.43. The molecule has 0 heterocycles. The molecule has 0 radical (unpaired) electrons. The first-order valence-electron chi connectivity index (χ1n) is 6.19. The molecular formula is C13H21NO4S. The predicted molar refractivity (Wildman–Crippen MR) is 73.7 cm³/mol. The highest BCUT2D eigenvalue weighted by atomic mass is 32.2. The summed E-state index contributed by atoms with van der Waals surface area (Å²) < 4.78 is 36.4. The monoisotopic (exact) mass is 287 g/mol. The SMILES string of the molecule is COCCOCCCNS(=O)(=O)c1ccc(C)cc1. The Morgan fingerprint density at radius 3 is 2.42 bits per heavy atom. The van der Waals surface area contributed by atoms with Gasteiger partial charge in [0.15, 0.2) is 0 Å². The molecule has 1 aromatic rings. The van der Waals surface area contributed by atoms with E-state index in [1.807, 2.05) is 6.92 Å². The normalized spacial score (nSPS) is 11.7. The summed E-state index contributed by atoms with van der Waals surface area (Å²) in [6, 6.07) is 6.77. The molecule has 0 aliphatic heterocycles. The lowest BCUT2D eigenvalue weighted by Crippen LogP contribution is -2.25. The highest BCUT2D eigenvalue weighted by molar-refractivity contribution is 7.89. The van der Waals surface area contributed by atoms with Crippen LogP contribution in [0.4, 0.5) is 0 Å². The summed E-state index contributed by atoms with van der Waals surface area (Å²) in [7, 11) is -1.79. The smallest absolute Gasteiger partial charge is 0.240 e. The highest BCUT2D eigenvalue weighted by Crippen LogP contribution is 2.09. The number of benzene rings is 1. The van der Waals surface area contributed by atoms with Gasteiger partial charge in [-0.3, -0.25) is 0 Å². The molecule has 0 amide bonds. The number of hydrogen-bond acceptors (Lipinski definition) is 4. The van der Waals surface area contributed by atoms with Crippen molar-refractivity contribution in [3.63, 3.8) is 0 Å². The fourth-order valence-corrected chi connectivity index (χ4v) is 2.50. The average Bonchev–Trinajstić information content (AvgIpc) is 2.38. The van der Waals surface area contributed by atoms with E-state index < -0.39 is 10.0 Å². The van der Waals surface area contributed by atoms with Gasteiger partial charge < -0.3 is 9.47 Å². The van der Waals surface area contributed by atoms with Crippen molar-refractivity contribution >= 4 is 10.0 Å². The molecule has 0 fully saturated rings. The molecule has 0 atom stereocenters. The molecule has 1 aromatic carbocycles. The lowest BCUT2D eigenvalue weighted by Gasteiger charge is -2.07. The second kappa shape index (κ2) is 8.27. The molecule has 5 nitrogen and oxygen atoms in total. The van der Waals surface area contributed by atoms with Crippen molar-refractivity contribution in [2.24, 2.45) is 0 Å². The minimum Gasteiger partial charge on any atom is -0.382 e. The Balaban J connectivity index is 2.29. The van der Waals surface area contributed by atoms with Crippen LogP contribution in [0.2, 0.25) is 0 Å². The summed E-state index contributed by atoms with van der Waals surface area (Å²) in [6.07, 6.45) is 0.634. The molecule has 108 valence electrons. The van der Waals surface area contributed by atoms with Crippen LogP contribution in [0.1, 0.15) is 12.0 Å². The van der Waals surface area contributed by atoms with E-state index in [1.165, 1.54) is 0 Å². The maximum Gasteiger partial charge on any atom is 0.240 e. The van der Waals surface area contributed by atoms with Crippen molar-refractivity contribution in [1.82, 2.24) is 4.72 Å². The van der Waals surface area contributed by atoms with Crippen molar-refractivity contribution in [2.45, 2.75) is 18.2 Å². The van der Waals surface area contributed by atoms with Crippen molar-refractivity contribution < 1.29 is 17.9 Å². The largest absolute Gasteiger partial charge is 0.382 e. The van der Waals surface area contributed by atoms with Gasteiger partial charge in [0.2, 0.25) is 10.0 Å². The van der Waals surface area contributed by atoms with E-state index in [2.05, 4.69) is 4.72 Å². The van der Waals surface area contributed by atoms with Gasteiger partial charge in [-0.25, -0.2) is 13.1 Å². The van der Waals surface area contributed by atoms with Gasteiger partial charge in [-0.1, -0.05) is 17.7 Å². The Morgan fingerprint density at radius 2 is 1.79 bits per heavy atom. The molecule has 0 aromatic heterocycles. The number of rotatable bonds is 9. The Morgan fingerprint density at radius 1 is 1.11 bits per heavy atom. The number of ether oxygens (including phenoxy) is 2. The zero-order chi connectivity index (χ0) is 14.1. The second-order valence-electron chi connectivity index (χ2n) is 4.17. The summed E-state index contributed by atoms with van der Waals surface area (Å²) in [5, 5.41) is 0. The van der Waals surface area contributed by atoms with Crippen LogP contribution >= 0.6 is 0 Å². The number of methoxy groups -OCH3 is 1. The summed E-state index contributed by atoms with van der Waals surface area (Å²) in [5.41, 5.74) is 1.03. The van der Waals surface area contributed by atoms with Gasteiger partial charge in [-0.2, -0.15) is 0 Å². The molecule has 0 spiro atoms. The van der Waals surface area contributed by atoms with Crippen LogP contribution < -0.4 is 4.72 Å². The van der Waals surface area contributed by atoms with Gasteiger partial charge in [0.05, 0.1) is 18.1 Å². The minimum absolute atomic E-state index is 0.290. The van der Waals surface area contributed by atoms with Crippen molar-refractivity contribution in [3.05, 3.63) is 29.8 Å². The van der Waals surface area contributed by atoms with Crippen molar-refractivity contribution in [3.8, 4) is 0 Å². The number of nitrogens with one attached hydrogen (secondary N) is 1. The van der Waals surface area contributed by atoms with E-state index >= 15 is 0 Å². The Labute approximate surface area is 115 Å². The van der Waals surface area contributed by atoms with Crippen molar-refractivity contribution in [1.29, 1.82) is 0 Å². The first-order chi connectivity index (χ1) is 9.06. The van der Waals surface area contributed by atoms with Crippen LogP contribution in [-0.2, 0) is 19.5 Å². The second-order valence-corrected chi connectivity index (χ2v) is 5.94. The first kappa shape index (κ1) is 16.1. The topological polar surface area (TPSA) is 64.6 Å². The van der Waals surface area contributed by atoms with Gasteiger partial charge >= 0.3 is 0 Å². The minimum atomic E-state index is -3.40.